The van der Waals surface area contributed by atoms with Crippen molar-refractivity contribution in [3.63, 3.8) is 0 Å². The van der Waals surface area contributed by atoms with Gasteiger partial charge >= 0.3 is 6.18 Å². The normalized spacial score (nSPS) is 11.4. The summed E-state index contributed by atoms with van der Waals surface area (Å²) in [6.45, 7) is 3.45. The van der Waals surface area contributed by atoms with Gasteiger partial charge in [-0.3, -0.25) is 9.59 Å². The van der Waals surface area contributed by atoms with Crippen LogP contribution in [0.1, 0.15) is 32.9 Å². The second-order valence-corrected chi connectivity index (χ2v) is 7.65. The Morgan fingerprint density at radius 2 is 1.74 bits per heavy atom. The van der Waals surface area contributed by atoms with Crippen molar-refractivity contribution >= 4 is 17.5 Å². The molecule has 2 heterocycles. The lowest BCUT2D eigenvalue weighted by atomic mass is 10.1. The number of hydrogen-bond acceptors (Lipinski definition) is 4. The quantitative estimate of drug-likeness (QED) is 0.333. The van der Waals surface area contributed by atoms with E-state index < -0.39 is 23.4 Å². The van der Waals surface area contributed by atoms with Crippen molar-refractivity contribution in [2.75, 3.05) is 5.32 Å². The number of carbonyl (C=O) groups excluding carboxylic acids is 2. The van der Waals surface area contributed by atoms with E-state index in [1.807, 2.05) is 30.3 Å². The van der Waals surface area contributed by atoms with Gasteiger partial charge in [-0.05, 0) is 37.6 Å². The van der Waals surface area contributed by atoms with Gasteiger partial charge in [0.15, 0.2) is 0 Å². The first-order valence-electron chi connectivity index (χ1n) is 10.3. The number of benzene rings is 2. The molecule has 7 nitrogen and oxygen atoms in total. The number of aryl methyl sites for hydroxylation is 1. The van der Waals surface area contributed by atoms with E-state index in [4.69, 9.17) is 0 Å². The zero-order valence-electron chi connectivity index (χ0n) is 18.3. The summed E-state index contributed by atoms with van der Waals surface area (Å²) >= 11 is 0. The Balaban J connectivity index is 1.58. The molecule has 34 heavy (non-hydrogen) atoms. The number of Topliss-reactive ketones (excluding diaryl/α,β-unsaturated/α-hetero) is 1. The summed E-state index contributed by atoms with van der Waals surface area (Å²) in [7, 11) is 0. The number of alkyl halides is 3. The molecule has 0 aliphatic rings. The van der Waals surface area contributed by atoms with Crippen LogP contribution in [0.2, 0.25) is 0 Å². The Kier molecular flexibility index (Phi) is 6.06. The predicted octanol–water partition coefficient (Wildman–Crippen LogP) is 4.57. The van der Waals surface area contributed by atoms with Crippen LogP contribution in [0.25, 0.3) is 5.69 Å². The number of hydrogen-bond donors (Lipinski definition) is 1. The molecule has 4 aromatic rings. The minimum absolute atomic E-state index is 0.0315. The number of carbonyl (C=O) groups is 2. The van der Waals surface area contributed by atoms with E-state index in [1.54, 1.807) is 10.7 Å². The van der Waals surface area contributed by atoms with E-state index >= 15 is 0 Å². The van der Waals surface area contributed by atoms with Crippen LogP contribution < -0.4 is 5.32 Å². The lowest BCUT2D eigenvalue weighted by Crippen LogP contribution is -2.25. The van der Waals surface area contributed by atoms with E-state index in [2.05, 4.69) is 15.5 Å². The second kappa shape index (κ2) is 8.97. The van der Waals surface area contributed by atoms with Crippen molar-refractivity contribution in [1.82, 2.24) is 19.6 Å². The highest BCUT2D eigenvalue weighted by atomic mass is 19.4. The number of nitrogens with zero attached hydrogens (tertiary/aromatic N) is 4. The summed E-state index contributed by atoms with van der Waals surface area (Å²) < 4.78 is 42.1. The number of anilines is 1. The van der Waals surface area contributed by atoms with Gasteiger partial charge in [0.05, 0.1) is 40.9 Å². The first kappa shape index (κ1) is 23.0. The van der Waals surface area contributed by atoms with Crippen LogP contribution in [0.4, 0.5) is 19.0 Å². The SMILES string of the molecule is Cc1nn(-c2cccc(C(F)(F)F)c2)c(C)c1C(=O)C(=O)Nc1ccnn1Cc1ccccc1. The molecule has 0 saturated carbocycles. The fraction of sp³-hybridized carbons (Fsp3) is 0.167. The Labute approximate surface area is 192 Å². The van der Waals surface area contributed by atoms with E-state index in [9.17, 15) is 22.8 Å². The third-order valence-corrected chi connectivity index (χ3v) is 5.28. The Bertz CT molecular complexity index is 1360. The standard InChI is InChI=1S/C24H20F3N5O2/c1-15-21(16(2)32(30-15)19-10-6-9-18(13-19)24(25,26)27)22(33)23(34)29-20-11-12-28-31(20)14-17-7-4-3-5-8-17/h3-13H,14H2,1-2H3,(H,29,34). The molecule has 1 N–H and O–H groups in total. The van der Waals surface area contributed by atoms with Crippen LogP contribution in [-0.2, 0) is 17.5 Å². The topological polar surface area (TPSA) is 81.8 Å². The molecule has 2 aromatic carbocycles. The number of rotatable bonds is 6. The largest absolute Gasteiger partial charge is 0.416 e. The molecule has 0 fully saturated rings. The highest BCUT2D eigenvalue weighted by Crippen LogP contribution is 2.31. The highest BCUT2D eigenvalue weighted by Gasteiger charge is 2.31. The third-order valence-electron chi connectivity index (χ3n) is 5.28. The third kappa shape index (κ3) is 4.61. The monoisotopic (exact) mass is 467 g/mol. The van der Waals surface area contributed by atoms with E-state index in [1.165, 1.54) is 36.9 Å². The molecule has 4 rings (SSSR count). The van der Waals surface area contributed by atoms with Crippen LogP contribution in [0, 0.1) is 13.8 Å². The van der Waals surface area contributed by atoms with Gasteiger partial charge in [0, 0.05) is 6.07 Å². The van der Waals surface area contributed by atoms with Crippen molar-refractivity contribution in [3.05, 3.63) is 94.9 Å². The molecule has 0 bridgehead atoms. The van der Waals surface area contributed by atoms with Gasteiger partial charge in [-0.25, -0.2) is 9.36 Å². The molecular weight excluding hydrogens is 447 g/mol. The van der Waals surface area contributed by atoms with Crippen LogP contribution in [0.15, 0.2) is 66.9 Å². The van der Waals surface area contributed by atoms with Crippen molar-refractivity contribution in [2.45, 2.75) is 26.6 Å². The molecule has 0 saturated heterocycles. The Morgan fingerprint density at radius 1 is 1.00 bits per heavy atom. The summed E-state index contributed by atoms with van der Waals surface area (Å²) in [6, 6.07) is 15.6. The Hall–Kier alpha value is -4.21. The number of halogens is 3. The van der Waals surface area contributed by atoms with Gasteiger partial charge in [0.2, 0.25) is 0 Å². The maximum atomic E-state index is 13.1. The fourth-order valence-electron chi connectivity index (χ4n) is 3.64. The molecule has 0 spiro atoms. The molecule has 2 aromatic heterocycles. The van der Waals surface area contributed by atoms with Crippen molar-refractivity contribution in [3.8, 4) is 5.69 Å². The van der Waals surface area contributed by atoms with Gasteiger partial charge in [-0.15, -0.1) is 0 Å². The van der Waals surface area contributed by atoms with Gasteiger partial charge in [-0.1, -0.05) is 36.4 Å². The second-order valence-electron chi connectivity index (χ2n) is 7.65. The lowest BCUT2D eigenvalue weighted by Gasteiger charge is -2.10. The van der Waals surface area contributed by atoms with Gasteiger partial charge in [0.25, 0.3) is 11.7 Å². The molecule has 0 aliphatic heterocycles. The molecule has 174 valence electrons. The summed E-state index contributed by atoms with van der Waals surface area (Å²) in [5.41, 5.74) is 0.777. The summed E-state index contributed by atoms with van der Waals surface area (Å²) in [5.74, 6) is -1.41. The smallest absolute Gasteiger partial charge is 0.304 e. The average molecular weight is 467 g/mol. The van der Waals surface area contributed by atoms with Crippen molar-refractivity contribution in [2.24, 2.45) is 0 Å². The first-order valence-corrected chi connectivity index (χ1v) is 10.3. The number of nitrogens with one attached hydrogen (secondary N) is 1. The molecule has 0 radical (unpaired) electrons. The zero-order chi connectivity index (χ0) is 24.5. The zero-order valence-corrected chi connectivity index (χ0v) is 18.3. The van der Waals surface area contributed by atoms with E-state index in [-0.39, 0.29) is 22.6 Å². The molecular formula is C24H20F3N5O2. The van der Waals surface area contributed by atoms with Crippen LogP contribution >= 0.6 is 0 Å². The van der Waals surface area contributed by atoms with Gasteiger partial charge < -0.3 is 5.32 Å². The van der Waals surface area contributed by atoms with Gasteiger partial charge in [0.1, 0.15) is 5.82 Å². The maximum absolute atomic E-state index is 13.1. The summed E-state index contributed by atoms with van der Waals surface area (Å²) in [4.78, 5) is 25.7. The summed E-state index contributed by atoms with van der Waals surface area (Å²) in [6.07, 6.45) is -3.02. The number of amides is 1. The first-order chi connectivity index (χ1) is 16.1. The molecule has 10 heteroatoms. The maximum Gasteiger partial charge on any atom is 0.416 e. The van der Waals surface area contributed by atoms with Gasteiger partial charge in [-0.2, -0.15) is 23.4 Å². The van der Waals surface area contributed by atoms with Crippen molar-refractivity contribution < 1.29 is 22.8 Å². The molecule has 1 amide bonds. The molecule has 0 unspecified atom stereocenters. The van der Waals surface area contributed by atoms with E-state index in [0.29, 0.717) is 12.4 Å². The van der Waals surface area contributed by atoms with Crippen LogP contribution in [0.5, 0.6) is 0 Å². The minimum atomic E-state index is -4.52. The lowest BCUT2D eigenvalue weighted by molar-refractivity contribution is -0.137. The van der Waals surface area contributed by atoms with Crippen LogP contribution in [-0.4, -0.2) is 31.3 Å². The number of ketones is 1. The average Bonchev–Trinajstić information content (AvgIpc) is 3.36. The molecule has 0 aliphatic carbocycles. The Morgan fingerprint density at radius 3 is 2.44 bits per heavy atom. The minimum Gasteiger partial charge on any atom is -0.304 e. The highest BCUT2D eigenvalue weighted by molar-refractivity contribution is 6.47. The summed E-state index contributed by atoms with van der Waals surface area (Å²) in [5, 5.41) is 11.0. The van der Waals surface area contributed by atoms with Crippen LogP contribution in [0.3, 0.4) is 0 Å². The fourth-order valence-corrected chi connectivity index (χ4v) is 3.64. The number of aromatic nitrogens is 4. The predicted molar refractivity (Wildman–Crippen MR) is 119 cm³/mol. The van der Waals surface area contributed by atoms with E-state index in [0.717, 1.165) is 17.7 Å². The van der Waals surface area contributed by atoms with Crippen molar-refractivity contribution in [1.29, 1.82) is 0 Å². The molecule has 0 atom stereocenters.